The second-order valence-electron chi connectivity index (χ2n) is 3.86. The summed E-state index contributed by atoms with van der Waals surface area (Å²) in [6, 6.07) is 10.2. The molecule has 0 radical (unpaired) electrons. The predicted molar refractivity (Wildman–Crippen MR) is 68.8 cm³/mol. The fourth-order valence-electron chi connectivity index (χ4n) is 1.65. The summed E-state index contributed by atoms with van der Waals surface area (Å²) < 4.78 is 4.69. The molecule has 17 heavy (non-hydrogen) atoms. The van der Waals surface area contributed by atoms with E-state index in [-0.39, 0.29) is 12.0 Å². The van der Waals surface area contributed by atoms with Crippen LogP contribution in [0, 0.1) is 0 Å². The van der Waals surface area contributed by atoms with Crippen LogP contribution in [0.3, 0.4) is 0 Å². The van der Waals surface area contributed by atoms with E-state index in [0.29, 0.717) is 13.0 Å². The number of carbonyl (C=O) groups is 1. The highest BCUT2D eigenvalue weighted by molar-refractivity contribution is 5.70. The zero-order chi connectivity index (χ0) is 12.5. The van der Waals surface area contributed by atoms with Gasteiger partial charge in [-0.15, -0.1) is 6.58 Å². The van der Waals surface area contributed by atoms with Crippen molar-refractivity contribution in [3.63, 3.8) is 0 Å². The standard InChI is InChI=1S/C14H19NO2/c1-3-9-15-13(11-14(16)17-2)10-12-7-5-4-6-8-12/h3-8,13,15H,1,9-11H2,2H3/t13-/m0/s1. The van der Waals surface area contributed by atoms with Crippen LogP contribution in [0.4, 0.5) is 0 Å². The van der Waals surface area contributed by atoms with Gasteiger partial charge in [0.1, 0.15) is 0 Å². The molecule has 3 heteroatoms. The van der Waals surface area contributed by atoms with Crippen molar-refractivity contribution in [1.82, 2.24) is 5.32 Å². The monoisotopic (exact) mass is 233 g/mol. The number of carbonyl (C=O) groups excluding carboxylic acids is 1. The van der Waals surface area contributed by atoms with Gasteiger partial charge in [0.05, 0.1) is 13.5 Å². The third-order valence-corrected chi connectivity index (χ3v) is 2.52. The highest BCUT2D eigenvalue weighted by Gasteiger charge is 2.13. The van der Waals surface area contributed by atoms with E-state index in [9.17, 15) is 4.79 Å². The van der Waals surface area contributed by atoms with E-state index in [1.165, 1.54) is 12.7 Å². The van der Waals surface area contributed by atoms with Crippen molar-refractivity contribution in [2.24, 2.45) is 0 Å². The minimum atomic E-state index is -0.192. The van der Waals surface area contributed by atoms with Crippen molar-refractivity contribution in [2.75, 3.05) is 13.7 Å². The van der Waals surface area contributed by atoms with Crippen LogP contribution in [0.15, 0.2) is 43.0 Å². The molecule has 1 atom stereocenters. The number of hydrogen-bond donors (Lipinski definition) is 1. The van der Waals surface area contributed by atoms with Crippen LogP contribution in [0.1, 0.15) is 12.0 Å². The van der Waals surface area contributed by atoms with Gasteiger partial charge in [0.25, 0.3) is 0 Å². The highest BCUT2D eigenvalue weighted by atomic mass is 16.5. The van der Waals surface area contributed by atoms with Gasteiger partial charge < -0.3 is 10.1 Å². The van der Waals surface area contributed by atoms with Crippen LogP contribution in [-0.4, -0.2) is 25.7 Å². The van der Waals surface area contributed by atoms with Crippen molar-refractivity contribution in [3.05, 3.63) is 48.6 Å². The summed E-state index contributed by atoms with van der Waals surface area (Å²) in [5, 5.41) is 3.26. The molecule has 0 saturated heterocycles. The number of esters is 1. The first-order valence-electron chi connectivity index (χ1n) is 5.71. The SMILES string of the molecule is C=CCN[C@H](CC(=O)OC)Cc1ccccc1. The summed E-state index contributed by atoms with van der Waals surface area (Å²) in [5.41, 5.74) is 1.21. The van der Waals surface area contributed by atoms with E-state index in [1.807, 2.05) is 18.2 Å². The first-order valence-corrected chi connectivity index (χ1v) is 5.71. The Morgan fingerprint density at radius 2 is 2.18 bits per heavy atom. The topological polar surface area (TPSA) is 38.3 Å². The number of nitrogens with one attached hydrogen (secondary N) is 1. The lowest BCUT2D eigenvalue weighted by Crippen LogP contribution is -2.33. The number of hydrogen-bond acceptors (Lipinski definition) is 3. The van der Waals surface area contributed by atoms with Gasteiger partial charge in [0, 0.05) is 12.6 Å². The predicted octanol–water partition coefficient (Wildman–Crippen LogP) is 1.94. The average molecular weight is 233 g/mol. The van der Waals surface area contributed by atoms with E-state index in [1.54, 1.807) is 6.08 Å². The Morgan fingerprint density at radius 1 is 1.47 bits per heavy atom. The lowest BCUT2D eigenvalue weighted by molar-refractivity contribution is -0.141. The summed E-state index contributed by atoms with van der Waals surface area (Å²) in [4.78, 5) is 11.3. The van der Waals surface area contributed by atoms with E-state index in [2.05, 4.69) is 24.0 Å². The molecule has 0 fully saturated rings. The van der Waals surface area contributed by atoms with E-state index >= 15 is 0 Å². The molecule has 0 aliphatic rings. The Morgan fingerprint density at radius 3 is 2.76 bits per heavy atom. The van der Waals surface area contributed by atoms with Crippen LogP contribution >= 0.6 is 0 Å². The van der Waals surface area contributed by atoms with Crippen LogP contribution in [0.2, 0.25) is 0 Å². The molecular formula is C14H19NO2. The summed E-state index contributed by atoms with van der Waals surface area (Å²) in [7, 11) is 1.41. The molecule has 0 aliphatic carbocycles. The number of ether oxygens (including phenoxy) is 1. The normalized spacial score (nSPS) is 11.8. The zero-order valence-corrected chi connectivity index (χ0v) is 10.2. The molecule has 92 valence electrons. The minimum Gasteiger partial charge on any atom is -0.469 e. The first kappa shape index (κ1) is 13.5. The van der Waals surface area contributed by atoms with Crippen molar-refractivity contribution in [3.8, 4) is 0 Å². The highest BCUT2D eigenvalue weighted by Crippen LogP contribution is 2.06. The molecule has 0 aliphatic heterocycles. The average Bonchev–Trinajstić information content (AvgIpc) is 2.37. The van der Waals surface area contributed by atoms with Crippen LogP contribution in [0.5, 0.6) is 0 Å². The fourth-order valence-corrected chi connectivity index (χ4v) is 1.65. The Balaban J connectivity index is 2.56. The summed E-state index contributed by atoms with van der Waals surface area (Å²) in [6.07, 6.45) is 2.97. The Labute approximate surface area is 102 Å². The molecule has 0 spiro atoms. The molecule has 0 unspecified atom stereocenters. The Bertz CT molecular complexity index is 348. The molecule has 1 rings (SSSR count). The van der Waals surface area contributed by atoms with Crippen LogP contribution in [0.25, 0.3) is 0 Å². The maximum absolute atomic E-state index is 11.3. The van der Waals surface area contributed by atoms with Crippen LogP contribution < -0.4 is 5.32 Å². The van der Waals surface area contributed by atoms with Gasteiger partial charge in [-0.25, -0.2) is 0 Å². The zero-order valence-electron chi connectivity index (χ0n) is 10.2. The van der Waals surface area contributed by atoms with Gasteiger partial charge >= 0.3 is 5.97 Å². The fraction of sp³-hybridized carbons (Fsp3) is 0.357. The number of rotatable bonds is 7. The van der Waals surface area contributed by atoms with E-state index < -0.39 is 0 Å². The molecule has 1 aromatic rings. The number of benzene rings is 1. The van der Waals surface area contributed by atoms with E-state index in [0.717, 1.165) is 6.42 Å². The Hall–Kier alpha value is -1.61. The van der Waals surface area contributed by atoms with Gasteiger partial charge in [-0.05, 0) is 12.0 Å². The second kappa shape index (κ2) is 7.63. The van der Waals surface area contributed by atoms with Crippen molar-refractivity contribution in [2.45, 2.75) is 18.9 Å². The van der Waals surface area contributed by atoms with Gasteiger partial charge in [0.2, 0.25) is 0 Å². The quantitative estimate of drug-likeness (QED) is 0.578. The van der Waals surface area contributed by atoms with E-state index in [4.69, 9.17) is 4.74 Å². The molecular weight excluding hydrogens is 214 g/mol. The molecule has 1 aromatic carbocycles. The van der Waals surface area contributed by atoms with Crippen molar-refractivity contribution in [1.29, 1.82) is 0 Å². The molecule has 0 heterocycles. The summed E-state index contributed by atoms with van der Waals surface area (Å²) >= 11 is 0. The van der Waals surface area contributed by atoms with Crippen molar-refractivity contribution < 1.29 is 9.53 Å². The van der Waals surface area contributed by atoms with Gasteiger partial charge in [-0.3, -0.25) is 4.79 Å². The Kier molecular flexibility index (Phi) is 6.04. The third kappa shape index (κ3) is 5.31. The lowest BCUT2D eigenvalue weighted by atomic mass is 10.0. The lowest BCUT2D eigenvalue weighted by Gasteiger charge is -2.16. The molecule has 0 bridgehead atoms. The smallest absolute Gasteiger partial charge is 0.307 e. The summed E-state index contributed by atoms with van der Waals surface area (Å²) in [5.74, 6) is -0.192. The number of methoxy groups -OCH3 is 1. The third-order valence-electron chi connectivity index (χ3n) is 2.52. The van der Waals surface area contributed by atoms with Gasteiger partial charge in [-0.2, -0.15) is 0 Å². The summed E-state index contributed by atoms with van der Waals surface area (Å²) in [6.45, 7) is 4.35. The molecule has 3 nitrogen and oxygen atoms in total. The van der Waals surface area contributed by atoms with Crippen molar-refractivity contribution >= 4 is 5.97 Å². The maximum Gasteiger partial charge on any atom is 0.307 e. The molecule has 0 saturated carbocycles. The second-order valence-corrected chi connectivity index (χ2v) is 3.86. The molecule has 0 amide bonds. The minimum absolute atomic E-state index is 0.0860. The molecule has 0 aromatic heterocycles. The first-order chi connectivity index (χ1) is 8.26. The van der Waals surface area contributed by atoms with Crippen LogP contribution in [-0.2, 0) is 16.0 Å². The van der Waals surface area contributed by atoms with Gasteiger partial charge in [-0.1, -0.05) is 36.4 Å². The molecule has 1 N–H and O–H groups in total. The maximum atomic E-state index is 11.3. The largest absolute Gasteiger partial charge is 0.469 e. The van der Waals surface area contributed by atoms with Gasteiger partial charge in [0.15, 0.2) is 0 Å².